The molecule has 88 valence electrons. The molecule has 2 atom stereocenters. The summed E-state index contributed by atoms with van der Waals surface area (Å²) in [7, 11) is 0. The third kappa shape index (κ3) is 3.31. The molecule has 2 rings (SSSR count). The number of rotatable bonds is 2. The van der Waals surface area contributed by atoms with Crippen molar-refractivity contribution in [3.63, 3.8) is 0 Å². The van der Waals surface area contributed by atoms with Crippen LogP contribution in [0.1, 0.15) is 32.6 Å². The zero-order chi connectivity index (χ0) is 10.7. The Morgan fingerprint density at radius 2 is 1.87 bits per heavy atom. The van der Waals surface area contributed by atoms with Crippen LogP contribution in [0.3, 0.4) is 0 Å². The predicted octanol–water partition coefficient (Wildman–Crippen LogP) is 3.02. The van der Waals surface area contributed by atoms with E-state index in [9.17, 15) is 5.11 Å². The Hall–Kier alpha value is 0.660. The number of hydrogen-bond donors (Lipinski definition) is 1. The fourth-order valence-corrected chi connectivity index (χ4v) is 5.48. The van der Waals surface area contributed by atoms with E-state index in [-0.39, 0.29) is 6.10 Å². The minimum absolute atomic E-state index is 0.0321. The van der Waals surface area contributed by atoms with Crippen molar-refractivity contribution in [2.24, 2.45) is 11.8 Å². The Kier molecular flexibility index (Phi) is 4.71. The second-order valence-electron chi connectivity index (χ2n) is 4.99. The number of thioether (sulfide) groups is 2. The normalized spacial score (nSPS) is 40.0. The van der Waals surface area contributed by atoms with Crippen LogP contribution in [-0.4, -0.2) is 33.7 Å². The van der Waals surface area contributed by atoms with Crippen molar-refractivity contribution in [2.75, 3.05) is 17.3 Å². The van der Waals surface area contributed by atoms with E-state index in [0.717, 1.165) is 11.7 Å². The Morgan fingerprint density at radius 3 is 2.47 bits per heavy atom. The molecule has 0 aromatic carbocycles. The minimum Gasteiger partial charge on any atom is -0.392 e. The highest BCUT2D eigenvalue weighted by Crippen LogP contribution is 2.36. The molecule has 0 spiro atoms. The molecule has 2 unspecified atom stereocenters. The van der Waals surface area contributed by atoms with E-state index in [1.165, 1.54) is 37.2 Å². The lowest BCUT2D eigenvalue weighted by atomic mass is 9.79. The molecular formula is C12H22OS2. The first-order chi connectivity index (χ1) is 7.27. The molecule has 0 aromatic rings. The monoisotopic (exact) mass is 246 g/mol. The van der Waals surface area contributed by atoms with Gasteiger partial charge in [-0.05, 0) is 24.7 Å². The van der Waals surface area contributed by atoms with Gasteiger partial charge in [0.2, 0.25) is 0 Å². The summed E-state index contributed by atoms with van der Waals surface area (Å²) in [5, 5.41) is 10.9. The average Bonchev–Trinajstić information content (AvgIpc) is 2.30. The van der Waals surface area contributed by atoms with Gasteiger partial charge in [-0.2, -0.15) is 23.5 Å². The van der Waals surface area contributed by atoms with Crippen LogP contribution in [0.25, 0.3) is 0 Å². The van der Waals surface area contributed by atoms with Crippen molar-refractivity contribution in [1.29, 1.82) is 0 Å². The minimum atomic E-state index is -0.0321. The molecule has 1 aliphatic carbocycles. The van der Waals surface area contributed by atoms with Crippen molar-refractivity contribution in [3.8, 4) is 0 Å². The molecule has 2 aliphatic rings. The number of aliphatic hydroxyl groups excluding tert-OH is 1. The van der Waals surface area contributed by atoms with Crippen LogP contribution in [0.15, 0.2) is 0 Å². The first-order valence-electron chi connectivity index (χ1n) is 6.15. The summed E-state index contributed by atoms with van der Waals surface area (Å²) in [6.07, 6.45) is 5.13. The smallest absolute Gasteiger partial charge is 0.0694 e. The molecule has 0 amide bonds. The van der Waals surface area contributed by atoms with Crippen LogP contribution in [0, 0.1) is 11.8 Å². The van der Waals surface area contributed by atoms with Crippen LogP contribution >= 0.6 is 23.5 Å². The van der Waals surface area contributed by atoms with Crippen LogP contribution in [0.5, 0.6) is 0 Å². The molecule has 15 heavy (non-hydrogen) atoms. The van der Waals surface area contributed by atoms with E-state index in [2.05, 4.69) is 6.92 Å². The van der Waals surface area contributed by atoms with Gasteiger partial charge in [0.1, 0.15) is 0 Å². The van der Waals surface area contributed by atoms with Crippen molar-refractivity contribution in [3.05, 3.63) is 0 Å². The van der Waals surface area contributed by atoms with E-state index in [1.807, 2.05) is 23.5 Å². The number of hydrogen-bond acceptors (Lipinski definition) is 3. The summed E-state index contributed by atoms with van der Waals surface area (Å²) in [5.74, 6) is 5.16. The van der Waals surface area contributed by atoms with E-state index >= 15 is 0 Å². The Labute approximate surface area is 102 Å². The van der Waals surface area contributed by atoms with Crippen molar-refractivity contribution >= 4 is 23.5 Å². The van der Waals surface area contributed by atoms with Gasteiger partial charge in [0, 0.05) is 22.5 Å². The average molecular weight is 246 g/mol. The zero-order valence-corrected chi connectivity index (χ0v) is 11.2. The highest BCUT2D eigenvalue weighted by Gasteiger charge is 2.31. The quantitative estimate of drug-likeness (QED) is 0.809. The predicted molar refractivity (Wildman–Crippen MR) is 70.7 cm³/mol. The lowest BCUT2D eigenvalue weighted by Gasteiger charge is -2.35. The van der Waals surface area contributed by atoms with Gasteiger partial charge in [-0.1, -0.05) is 19.8 Å². The van der Waals surface area contributed by atoms with Crippen LogP contribution in [-0.2, 0) is 0 Å². The Bertz CT molecular complexity index is 184. The maximum atomic E-state index is 10.4. The van der Waals surface area contributed by atoms with Gasteiger partial charge in [0.15, 0.2) is 0 Å². The fraction of sp³-hybridized carbons (Fsp3) is 1.00. The zero-order valence-electron chi connectivity index (χ0n) is 9.52. The summed E-state index contributed by atoms with van der Waals surface area (Å²) in [6, 6.07) is 0. The number of aliphatic hydroxyl groups is 1. The van der Waals surface area contributed by atoms with E-state index in [1.54, 1.807) is 0 Å². The first kappa shape index (κ1) is 12.1. The molecule has 1 saturated carbocycles. The van der Waals surface area contributed by atoms with Gasteiger partial charge in [-0.25, -0.2) is 0 Å². The van der Waals surface area contributed by atoms with Gasteiger partial charge in [0.05, 0.1) is 6.10 Å². The molecule has 1 nitrogen and oxygen atoms in total. The maximum Gasteiger partial charge on any atom is 0.0694 e. The largest absolute Gasteiger partial charge is 0.392 e. The Balaban J connectivity index is 1.81. The van der Waals surface area contributed by atoms with Crippen LogP contribution < -0.4 is 0 Å². The molecule has 1 aliphatic heterocycles. The molecule has 2 fully saturated rings. The van der Waals surface area contributed by atoms with Crippen molar-refractivity contribution in [2.45, 2.75) is 44.0 Å². The summed E-state index contributed by atoms with van der Waals surface area (Å²) < 4.78 is 0. The van der Waals surface area contributed by atoms with Gasteiger partial charge in [-0.15, -0.1) is 0 Å². The second-order valence-corrected chi connectivity index (χ2v) is 7.49. The maximum absolute atomic E-state index is 10.4. The van der Waals surface area contributed by atoms with Gasteiger partial charge in [0.25, 0.3) is 0 Å². The fourth-order valence-electron chi connectivity index (χ4n) is 2.63. The molecule has 1 N–H and O–H groups in total. The third-order valence-corrected chi connectivity index (χ3v) is 6.64. The van der Waals surface area contributed by atoms with Crippen molar-refractivity contribution < 1.29 is 5.11 Å². The SMILES string of the molecule is CC1CCC(C(O)C2CSCCS2)CC1. The van der Waals surface area contributed by atoms with E-state index < -0.39 is 0 Å². The summed E-state index contributed by atoms with van der Waals surface area (Å²) in [4.78, 5) is 0. The van der Waals surface area contributed by atoms with E-state index in [4.69, 9.17) is 0 Å². The van der Waals surface area contributed by atoms with Gasteiger partial charge in [-0.3, -0.25) is 0 Å². The summed E-state index contributed by atoms with van der Waals surface area (Å²) in [5.41, 5.74) is 0. The molecule has 0 radical (unpaired) electrons. The standard InChI is InChI=1S/C12H22OS2/c1-9-2-4-10(5-3-9)12(13)11-8-14-6-7-15-11/h9-13H,2-8H2,1H3. The summed E-state index contributed by atoms with van der Waals surface area (Å²) >= 11 is 4.01. The molecule has 1 saturated heterocycles. The van der Waals surface area contributed by atoms with Crippen LogP contribution in [0.4, 0.5) is 0 Å². The van der Waals surface area contributed by atoms with Gasteiger partial charge >= 0.3 is 0 Å². The van der Waals surface area contributed by atoms with Gasteiger partial charge < -0.3 is 5.11 Å². The summed E-state index contributed by atoms with van der Waals surface area (Å²) in [6.45, 7) is 2.34. The first-order valence-corrected chi connectivity index (χ1v) is 8.35. The topological polar surface area (TPSA) is 20.2 Å². The third-order valence-electron chi connectivity index (χ3n) is 3.77. The molecule has 0 aromatic heterocycles. The van der Waals surface area contributed by atoms with Crippen LogP contribution in [0.2, 0.25) is 0 Å². The van der Waals surface area contributed by atoms with Crippen molar-refractivity contribution in [1.82, 2.24) is 0 Å². The molecular weight excluding hydrogens is 224 g/mol. The lowest BCUT2D eigenvalue weighted by Crippen LogP contribution is -2.36. The Morgan fingerprint density at radius 1 is 1.13 bits per heavy atom. The second kappa shape index (κ2) is 5.83. The molecule has 0 bridgehead atoms. The highest BCUT2D eigenvalue weighted by atomic mass is 32.2. The lowest BCUT2D eigenvalue weighted by molar-refractivity contribution is 0.0779. The van der Waals surface area contributed by atoms with E-state index in [0.29, 0.717) is 11.2 Å². The molecule has 1 heterocycles. The highest BCUT2D eigenvalue weighted by molar-refractivity contribution is 8.06. The molecule has 3 heteroatoms.